The summed E-state index contributed by atoms with van der Waals surface area (Å²) in [5.41, 5.74) is 2.49. The van der Waals surface area contributed by atoms with Crippen molar-refractivity contribution in [1.82, 2.24) is 30.1 Å². The van der Waals surface area contributed by atoms with Crippen molar-refractivity contribution in [2.45, 2.75) is 44.9 Å². The molecule has 9 heteroatoms. The van der Waals surface area contributed by atoms with Gasteiger partial charge in [0.1, 0.15) is 6.04 Å². The van der Waals surface area contributed by atoms with Crippen LogP contribution in [0.25, 0.3) is 10.9 Å². The summed E-state index contributed by atoms with van der Waals surface area (Å²) in [6.45, 7) is 4.40. The van der Waals surface area contributed by atoms with E-state index in [2.05, 4.69) is 38.4 Å². The van der Waals surface area contributed by atoms with Crippen LogP contribution >= 0.6 is 0 Å². The normalized spacial score (nSPS) is 16.9. The first-order valence-corrected chi connectivity index (χ1v) is 10.4. The Bertz CT molecular complexity index is 1050. The predicted molar refractivity (Wildman–Crippen MR) is 112 cm³/mol. The Balaban J connectivity index is 1.82. The van der Waals surface area contributed by atoms with Crippen LogP contribution < -0.4 is 5.56 Å². The average molecular weight is 412 g/mol. The van der Waals surface area contributed by atoms with Crippen molar-refractivity contribution >= 4 is 10.9 Å². The molecule has 1 aromatic carbocycles. The van der Waals surface area contributed by atoms with Crippen LogP contribution in [0, 0.1) is 0 Å². The summed E-state index contributed by atoms with van der Waals surface area (Å²) in [6, 6.07) is 7.65. The van der Waals surface area contributed by atoms with Crippen LogP contribution in [0.2, 0.25) is 0 Å². The van der Waals surface area contributed by atoms with E-state index in [4.69, 9.17) is 4.74 Å². The molecule has 0 saturated carbocycles. The molecule has 0 aliphatic carbocycles. The fourth-order valence-electron chi connectivity index (χ4n) is 4.08. The smallest absolute Gasteiger partial charge is 0.253 e. The molecule has 0 spiro atoms. The lowest BCUT2D eigenvalue weighted by molar-refractivity contribution is 0.0654. The van der Waals surface area contributed by atoms with Gasteiger partial charge in [0.05, 0.1) is 19.3 Å². The topological polar surface area (TPSA) is 109 Å². The molecule has 160 valence electrons. The van der Waals surface area contributed by atoms with Crippen LogP contribution in [-0.2, 0) is 17.7 Å². The van der Waals surface area contributed by atoms with E-state index in [9.17, 15) is 9.90 Å². The molecule has 1 unspecified atom stereocenters. The number of piperidine rings is 1. The van der Waals surface area contributed by atoms with E-state index in [-0.39, 0.29) is 11.7 Å². The van der Waals surface area contributed by atoms with E-state index in [0.29, 0.717) is 50.5 Å². The summed E-state index contributed by atoms with van der Waals surface area (Å²) >= 11 is 0. The molecule has 30 heavy (non-hydrogen) atoms. The molecule has 0 amide bonds. The standard InChI is InChI=1S/C21H28N6O3/c1-3-14-4-5-18-15(12-14)13-17(21(29)22-18)19(26-8-6-16(28)7-9-26)20-23-24-25-27(20)10-11-30-2/h4-5,12-13,16,19,28H,3,6-11H2,1-2H3,(H,22,29). The number of aliphatic hydroxyl groups is 1. The third-order valence-corrected chi connectivity index (χ3v) is 5.82. The molecule has 0 bridgehead atoms. The maximum Gasteiger partial charge on any atom is 0.253 e. The molecule has 1 saturated heterocycles. The number of H-pyrrole nitrogens is 1. The van der Waals surface area contributed by atoms with Crippen LogP contribution in [0.4, 0.5) is 0 Å². The van der Waals surface area contributed by atoms with Crippen LogP contribution in [0.1, 0.15) is 42.8 Å². The largest absolute Gasteiger partial charge is 0.393 e. The third kappa shape index (κ3) is 4.14. The predicted octanol–water partition coefficient (Wildman–Crippen LogP) is 1.27. The Morgan fingerprint density at radius 1 is 1.30 bits per heavy atom. The highest BCUT2D eigenvalue weighted by molar-refractivity contribution is 5.80. The lowest BCUT2D eigenvalue weighted by atomic mass is 9.99. The highest BCUT2D eigenvalue weighted by Gasteiger charge is 2.32. The minimum absolute atomic E-state index is 0.149. The van der Waals surface area contributed by atoms with Gasteiger partial charge in [0, 0.05) is 31.3 Å². The first-order valence-electron chi connectivity index (χ1n) is 10.4. The summed E-state index contributed by atoms with van der Waals surface area (Å²) in [7, 11) is 1.63. The van der Waals surface area contributed by atoms with Crippen LogP contribution in [0.15, 0.2) is 29.1 Å². The lowest BCUT2D eigenvalue weighted by Crippen LogP contribution is -2.41. The number of pyridine rings is 1. The molecule has 1 atom stereocenters. The van der Waals surface area contributed by atoms with E-state index in [0.717, 1.165) is 17.3 Å². The number of hydrogen-bond donors (Lipinski definition) is 2. The number of aromatic nitrogens is 5. The van der Waals surface area contributed by atoms with Gasteiger partial charge in [0.2, 0.25) is 0 Å². The number of hydrogen-bond acceptors (Lipinski definition) is 7. The van der Waals surface area contributed by atoms with E-state index in [1.54, 1.807) is 11.8 Å². The second-order valence-corrected chi connectivity index (χ2v) is 7.75. The lowest BCUT2D eigenvalue weighted by Gasteiger charge is -2.35. The van der Waals surface area contributed by atoms with Crippen molar-refractivity contribution in [2.75, 3.05) is 26.8 Å². The van der Waals surface area contributed by atoms with Crippen LogP contribution in [-0.4, -0.2) is 68.1 Å². The van der Waals surface area contributed by atoms with Crippen molar-refractivity contribution < 1.29 is 9.84 Å². The highest BCUT2D eigenvalue weighted by Crippen LogP contribution is 2.29. The van der Waals surface area contributed by atoms with Gasteiger partial charge in [0.25, 0.3) is 5.56 Å². The fourth-order valence-corrected chi connectivity index (χ4v) is 4.08. The van der Waals surface area contributed by atoms with Gasteiger partial charge in [0.15, 0.2) is 5.82 Å². The molecular formula is C21H28N6O3. The molecular weight excluding hydrogens is 384 g/mol. The van der Waals surface area contributed by atoms with Gasteiger partial charge in [-0.05, 0) is 58.8 Å². The summed E-state index contributed by atoms with van der Waals surface area (Å²) in [5.74, 6) is 0.611. The fraction of sp³-hybridized carbons (Fsp3) is 0.524. The third-order valence-electron chi connectivity index (χ3n) is 5.82. The Morgan fingerprint density at radius 2 is 2.10 bits per heavy atom. The number of benzene rings is 1. The van der Waals surface area contributed by atoms with Gasteiger partial charge < -0.3 is 14.8 Å². The van der Waals surface area contributed by atoms with Crippen LogP contribution in [0.3, 0.4) is 0 Å². The number of aromatic amines is 1. The summed E-state index contributed by atoms with van der Waals surface area (Å²) < 4.78 is 6.89. The van der Waals surface area contributed by atoms with Gasteiger partial charge in [-0.25, -0.2) is 4.68 Å². The molecule has 4 rings (SSSR count). The molecule has 1 aliphatic heterocycles. The SMILES string of the molecule is CCc1ccc2[nH]c(=O)c(C(c3nnnn3CCOC)N3CCC(O)CC3)cc2c1. The Hall–Kier alpha value is -2.62. The first kappa shape index (κ1) is 20.6. The molecule has 2 N–H and O–H groups in total. The minimum atomic E-state index is -0.400. The summed E-state index contributed by atoms with van der Waals surface area (Å²) in [5, 5.41) is 23.2. The van der Waals surface area contributed by atoms with E-state index < -0.39 is 6.04 Å². The summed E-state index contributed by atoms with van der Waals surface area (Å²) in [6.07, 6.45) is 1.92. The number of aryl methyl sites for hydroxylation is 1. The van der Waals surface area contributed by atoms with Crippen LogP contribution in [0.5, 0.6) is 0 Å². The maximum absolute atomic E-state index is 13.1. The molecule has 1 aliphatic rings. The zero-order valence-electron chi connectivity index (χ0n) is 17.4. The van der Waals surface area contributed by atoms with Gasteiger partial charge in [-0.1, -0.05) is 13.0 Å². The quantitative estimate of drug-likeness (QED) is 0.601. The monoisotopic (exact) mass is 412 g/mol. The summed E-state index contributed by atoms with van der Waals surface area (Å²) in [4.78, 5) is 18.3. The Kier molecular flexibility index (Phi) is 6.21. The number of fused-ring (bicyclic) bond motifs is 1. The second-order valence-electron chi connectivity index (χ2n) is 7.75. The average Bonchev–Trinajstić information content (AvgIpc) is 3.22. The molecule has 9 nitrogen and oxygen atoms in total. The zero-order chi connectivity index (χ0) is 21.1. The Morgan fingerprint density at radius 3 is 2.83 bits per heavy atom. The van der Waals surface area contributed by atoms with Crippen molar-refractivity contribution in [1.29, 1.82) is 0 Å². The number of likely N-dealkylation sites (tertiary alicyclic amines) is 1. The van der Waals surface area contributed by atoms with Crippen molar-refractivity contribution in [3.8, 4) is 0 Å². The molecule has 1 fully saturated rings. The molecule has 3 heterocycles. The maximum atomic E-state index is 13.1. The number of rotatable bonds is 7. The zero-order valence-corrected chi connectivity index (χ0v) is 17.4. The number of nitrogens with one attached hydrogen (secondary N) is 1. The Labute approximate surface area is 174 Å². The number of ether oxygens (including phenoxy) is 1. The van der Waals surface area contributed by atoms with E-state index >= 15 is 0 Å². The van der Waals surface area contributed by atoms with Crippen molar-refractivity contribution in [3.63, 3.8) is 0 Å². The number of aliphatic hydroxyl groups excluding tert-OH is 1. The minimum Gasteiger partial charge on any atom is -0.393 e. The number of tetrazole rings is 1. The van der Waals surface area contributed by atoms with Crippen molar-refractivity contribution in [3.05, 3.63) is 51.6 Å². The highest BCUT2D eigenvalue weighted by atomic mass is 16.5. The van der Waals surface area contributed by atoms with E-state index in [1.807, 2.05) is 18.2 Å². The van der Waals surface area contributed by atoms with E-state index in [1.165, 1.54) is 5.56 Å². The second kappa shape index (κ2) is 9.03. The number of nitrogens with zero attached hydrogens (tertiary/aromatic N) is 5. The molecule has 2 aromatic heterocycles. The molecule has 0 radical (unpaired) electrons. The van der Waals surface area contributed by atoms with Crippen molar-refractivity contribution in [2.24, 2.45) is 0 Å². The molecule has 3 aromatic rings. The number of methoxy groups -OCH3 is 1. The first-order chi connectivity index (χ1) is 14.6. The van der Waals surface area contributed by atoms with Gasteiger partial charge in [-0.15, -0.1) is 5.10 Å². The van der Waals surface area contributed by atoms with Gasteiger partial charge >= 0.3 is 0 Å². The van der Waals surface area contributed by atoms with Gasteiger partial charge in [-0.3, -0.25) is 9.69 Å². The van der Waals surface area contributed by atoms with Gasteiger partial charge in [-0.2, -0.15) is 0 Å².